The minimum atomic E-state index is -4.71. The number of hydrogen-bond acceptors (Lipinski definition) is 1. The second-order valence-electron chi connectivity index (χ2n) is 3.56. The first-order valence-corrected chi connectivity index (χ1v) is 4.54. The standard InChI is InChI=1S/C10H7F4NO/c11-7-2-1-5(8-4-9(16)15-8)3-6(7)10(12,13)14/h1-3,8H,4H2,(H,15,16). The second kappa shape index (κ2) is 3.47. The van der Waals surface area contributed by atoms with E-state index in [0.717, 1.165) is 12.1 Å². The van der Waals surface area contributed by atoms with Crippen molar-refractivity contribution >= 4 is 5.91 Å². The molecular weight excluding hydrogens is 226 g/mol. The molecule has 0 radical (unpaired) electrons. The predicted molar refractivity (Wildman–Crippen MR) is 46.9 cm³/mol. The van der Waals surface area contributed by atoms with Gasteiger partial charge in [-0.25, -0.2) is 4.39 Å². The average Bonchev–Trinajstić information content (AvgIpc) is 2.12. The number of alkyl halides is 3. The van der Waals surface area contributed by atoms with Crippen molar-refractivity contribution in [3.8, 4) is 0 Å². The van der Waals surface area contributed by atoms with Gasteiger partial charge in [-0.1, -0.05) is 6.07 Å². The number of carbonyl (C=O) groups is 1. The molecule has 1 unspecified atom stereocenters. The van der Waals surface area contributed by atoms with Gasteiger partial charge in [-0.2, -0.15) is 13.2 Å². The predicted octanol–water partition coefficient (Wildman–Crippen LogP) is 2.41. The Morgan fingerprint density at radius 3 is 2.44 bits per heavy atom. The van der Waals surface area contributed by atoms with Gasteiger partial charge in [0.2, 0.25) is 5.91 Å². The molecule has 1 aromatic rings. The Bertz CT molecular complexity index is 433. The van der Waals surface area contributed by atoms with Gasteiger partial charge >= 0.3 is 6.18 Å². The van der Waals surface area contributed by atoms with Crippen LogP contribution in [0.15, 0.2) is 18.2 Å². The Kier molecular flexibility index (Phi) is 2.36. The van der Waals surface area contributed by atoms with Gasteiger partial charge in [-0.15, -0.1) is 0 Å². The fraction of sp³-hybridized carbons (Fsp3) is 0.300. The van der Waals surface area contributed by atoms with Crippen molar-refractivity contribution in [2.24, 2.45) is 0 Å². The Hall–Kier alpha value is -1.59. The summed E-state index contributed by atoms with van der Waals surface area (Å²) < 4.78 is 50.0. The zero-order valence-corrected chi connectivity index (χ0v) is 7.94. The summed E-state index contributed by atoms with van der Waals surface area (Å²) in [6, 6.07) is 2.31. The summed E-state index contributed by atoms with van der Waals surface area (Å²) in [4.78, 5) is 10.6. The van der Waals surface area contributed by atoms with E-state index in [1.165, 1.54) is 6.07 Å². The van der Waals surface area contributed by atoms with Gasteiger partial charge in [0.1, 0.15) is 5.82 Å². The zero-order chi connectivity index (χ0) is 11.9. The normalized spacial score (nSPS) is 20.2. The van der Waals surface area contributed by atoms with Gasteiger partial charge in [-0.3, -0.25) is 4.79 Å². The SMILES string of the molecule is O=C1CC(c2ccc(F)c(C(F)(F)F)c2)N1. The highest BCUT2D eigenvalue weighted by Crippen LogP contribution is 2.34. The first-order valence-electron chi connectivity index (χ1n) is 4.54. The van der Waals surface area contributed by atoms with E-state index in [9.17, 15) is 22.4 Å². The maximum Gasteiger partial charge on any atom is 0.419 e. The topological polar surface area (TPSA) is 29.1 Å². The number of β-lactam (4-membered cyclic amide) rings is 1. The molecule has 1 amide bonds. The lowest BCUT2D eigenvalue weighted by Gasteiger charge is -2.27. The highest BCUT2D eigenvalue weighted by Gasteiger charge is 2.36. The van der Waals surface area contributed by atoms with Gasteiger partial charge < -0.3 is 5.32 Å². The van der Waals surface area contributed by atoms with Crippen molar-refractivity contribution < 1.29 is 22.4 Å². The van der Waals surface area contributed by atoms with Crippen molar-refractivity contribution in [3.05, 3.63) is 35.1 Å². The van der Waals surface area contributed by atoms with Crippen LogP contribution in [0, 0.1) is 5.82 Å². The Morgan fingerprint density at radius 2 is 1.94 bits per heavy atom. The van der Waals surface area contributed by atoms with Gasteiger partial charge in [0.05, 0.1) is 18.0 Å². The molecule has 16 heavy (non-hydrogen) atoms. The number of halogens is 4. The van der Waals surface area contributed by atoms with Crippen molar-refractivity contribution in [2.75, 3.05) is 0 Å². The molecule has 1 N–H and O–H groups in total. The van der Waals surface area contributed by atoms with Crippen molar-refractivity contribution in [2.45, 2.75) is 18.6 Å². The molecule has 0 bridgehead atoms. The Balaban J connectivity index is 2.32. The highest BCUT2D eigenvalue weighted by atomic mass is 19.4. The van der Waals surface area contributed by atoms with Crippen molar-refractivity contribution in [3.63, 3.8) is 0 Å². The van der Waals surface area contributed by atoms with Gasteiger partial charge in [0.25, 0.3) is 0 Å². The summed E-state index contributed by atoms with van der Waals surface area (Å²) in [6.07, 6.45) is -4.57. The van der Waals surface area contributed by atoms with Crippen LogP contribution in [0.4, 0.5) is 17.6 Å². The Morgan fingerprint density at radius 1 is 1.31 bits per heavy atom. The van der Waals surface area contributed by atoms with Gasteiger partial charge in [-0.05, 0) is 17.7 Å². The maximum absolute atomic E-state index is 12.9. The molecule has 0 saturated carbocycles. The number of hydrogen-bond donors (Lipinski definition) is 1. The summed E-state index contributed by atoms with van der Waals surface area (Å²) in [5, 5.41) is 2.43. The molecule has 1 heterocycles. The molecule has 86 valence electrons. The Labute approximate surface area is 88.3 Å². The van der Waals surface area contributed by atoms with Crippen LogP contribution in [0.5, 0.6) is 0 Å². The molecule has 1 aromatic carbocycles. The molecule has 1 aliphatic heterocycles. The van der Waals surface area contributed by atoms with Crippen LogP contribution < -0.4 is 5.32 Å². The van der Waals surface area contributed by atoms with Crippen LogP contribution in [-0.2, 0) is 11.0 Å². The van der Waals surface area contributed by atoms with Crippen LogP contribution in [-0.4, -0.2) is 5.91 Å². The van der Waals surface area contributed by atoms with Gasteiger partial charge in [0, 0.05) is 0 Å². The maximum atomic E-state index is 12.9. The van der Waals surface area contributed by atoms with Crippen LogP contribution in [0.3, 0.4) is 0 Å². The molecular formula is C10H7F4NO. The number of nitrogens with one attached hydrogen (secondary N) is 1. The number of benzene rings is 1. The van der Waals surface area contributed by atoms with Crippen LogP contribution in [0.2, 0.25) is 0 Å². The van der Waals surface area contributed by atoms with Crippen LogP contribution >= 0.6 is 0 Å². The molecule has 1 atom stereocenters. The molecule has 0 spiro atoms. The molecule has 6 heteroatoms. The lowest BCUT2D eigenvalue weighted by atomic mass is 9.95. The molecule has 2 nitrogen and oxygen atoms in total. The zero-order valence-electron chi connectivity index (χ0n) is 7.94. The van der Waals surface area contributed by atoms with E-state index >= 15 is 0 Å². The van der Waals surface area contributed by atoms with E-state index in [2.05, 4.69) is 5.32 Å². The lowest BCUT2D eigenvalue weighted by Crippen LogP contribution is -2.41. The number of rotatable bonds is 1. The van der Waals surface area contributed by atoms with Gasteiger partial charge in [0.15, 0.2) is 0 Å². The largest absolute Gasteiger partial charge is 0.419 e. The first-order chi connectivity index (χ1) is 7.38. The summed E-state index contributed by atoms with van der Waals surface area (Å²) in [5.74, 6) is -1.52. The summed E-state index contributed by atoms with van der Waals surface area (Å²) in [7, 11) is 0. The first kappa shape index (κ1) is 10.9. The monoisotopic (exact) mass is 233 g/mol. The van der Waals surface area contributed by atoms with E-state index in [-0.39, 0.29) is 17.9 Å². The average molecular weight is 233 g/mol. The quantitative estimate of drug-likeness (QED) is 0.585. The minimum Gasteiger partial charge on any atom is -0.349 e. The van der Waals surface area contributed by atoms with E-state index < -0.39 is 23.6 Å². The van der Waals surface area contributed by atoms with E-state index in [4.69, 9.17) is 0 Å². The lowest BCUT2D eigenvalue weighted by molar-refractivity contribution is -0.140. The van der Waals surface area contributed by atoms with Crippen LogP contribution in [0.25, 0.3) is 0 Å². The molecule has 1 saturated heterocycles. The molecule has 0 aliphatic carbocycles. The third-order valence-corrected chi connectivity index (χ3v) is 2.42. The van der Waals surface area contributed by atoms with E-state index in [0.29, 0.717) is 0 Å². The minimum absolute atomic E-state index is 0.142. The molecule has 2 rings (SSSR count). The summed E-state index contributed by atoms with van der Waals surface area (Å²) >= 11 is 0. The van der Waals surface area contributed by atoms with Crippen molar-refractivity contribution in [1.29, 1.82) is 0 Å². The van der Waals surface area contributed by atoms with Crippen molar-refractivity contribution in [1.82, 2.24) is 5.32 Å². The molecule has 0 aromatic heterocycles. The fourth-order valence-electron chi connectivity index (χ4n) is 1.54. The number of amides is 1. The van der Waals surface area contributed by atoms with E-state index in [1.54, 1.807) is 0 Å². The third-order valence-electron chi connectivity index (χ3n) is 2.42. The summed E-state index contributed by atoms with van der Waals surface area (Å²) in [6.45, 7) is 0. The molecule has 1 fully saturated rings. The van der Waals surface area contributed by atoms with Crippen LogP contribution in [0.1, 0.15) is 23.6 Å². The molecule has 1 aliphatic rings. The smallest absolute Gasteiger partial charge is 0.349 e. The second-order valence-corrected chi connectivity index (χ2v) is 3.56. The highest BCUT2D eigenvalue weighted by molar-refractivity contribution is 5.83. The van der Waals surface area contributed by atoms with E-state index in [1.807, 2.05) is 0 Å². The third kappa shape index (κ3) is 1.87. The summed E-state index contributed by atoms with van der Waals surface area (Å²) in [5.41, 5.74) is -1.03. The number of carbonyl (C=O) groups excluding carboxylic acids is 1. The fourth-order valence-corrected chi connectivity index (χ4v) is 1.54.